The summed E-state index contributed by atoms with van der Waals surface area (Å²) in [6.45, 7) is 2.81. The van der Waals surface area contributed by atoms with Gasteiger partial charge in [-0.25, -0.2) is 18.2 Å². The number of nitrogens with one attached hydrogen (secondary N) is 1. The number of nitrogens with zero attached hydrogens (tertiary/aromatic N) is 3. The van der Waals surface area contributed by atoms with Crippen molar-refractivity contribution >= 4 is 21.9 Å². The maximum absolute atomic E-state index is 12.7. The Morgan fingerprint density at radius 2 is 1.82 bits per heavy atom. The number of pyridine rings is 1. The van der Waals surface area contributed by atoms with Crippen molar-refractivity contribution in [3.05, 3.63) is 18.3 Å². The minimum Gasteiger partial charge on any atom is -0.371 e. The van der Waals surface area contributed by atoms with Crippen LogP contribution in [-0.4, -0.2) is 67.0 Å². The SMILES string of the molecule is O=C(Nc1ccc(S(=O)(=O)N2CCCCC2)cn1)N1CCOC2(CCCC2)C1. The third-order valence-electron chi connectivity index (χ3n) is 5.97. The maximum atomic E-state index is 12.7. The van der Waals surface area contributed by atoms with Gasteiger partial charge in [-0.05, 0) is 37.8 Å². The molecule has 1 aliphatic carbocycles. The highest BCUT2D eigenvalue weighted by molar-refractivity contribution is 7.89. The molecule has 8 nitrogen and oxygen atoms in total. The first kappa shape index (κ1) is 19.6. The molecule has 2 saturated heterocycles. The minimum atomic E-state index is -3.51. The topological polar surface area (TPSA) is 91.8 Å². The molecule has 3 heterocycles. The van der Waals surface area contributed by atoms with E-state index in [-0.39, 0.29) is 16.5 Å². The van der Waals surface area contributed by atoms with Crippen LogP contribution in [0.1, 0.15) is 44.9 Å². The normalized spacial score (nSPS) is 23.1. The number of hydrogen-bond donors (Lipinski definition) is 1. The lowest BCUT2D eigenvalue weighted by molar-refractivity contribution is -0.0914. The first-order chi connectivity index (χ1) is 13.5. The number of piperidine rings is 1. The van der Waals surface area contributed by atoms with E-state index in [1.54, 1.807) is 11.0 Å². The number of sulfonamides is 1. The summed E-state index contributed by atoms with van der Waals surface area (Å²) in [4.78, 5) is 18.7. The number of carbonyl (C=O) groups is 1. The molecule has 1 saturated carbocycles. The van der Waals surface area contributed by atoms with E-state index in [2.05, 4.69) is 10.3 Å². The molecule has 0 atom stereocenters. The second kappa shape index (κ2) is 7.96. The fraction of sp³-hybridized carbons (Fsp3) is 0.684. The van der Waals surface area contributed by atoms with Gasteiger partial charge in [-0.15, -0.1) is 0 Å². The predicted molar refractivity (Wildman–Crippen MR) is 105 cm³/mol. The number of ether oxygens (including phenoxy) is 1. The van der Waals surface area contributed by atoms with E-state index in [9.17, 15) is 13.2 Å². The van der Waals surface area contributed by atoms with Gasteiger partial charge < -0.3 is 9.64 Å². The van der Waals surface area contributed by atoms with Crippen LogP contribution in [0.4, 0.5) is 10.6 Å². The fourth-order valence-corrected chi connectivity index (χ4v) is 5.85. The van der Waals surface area contributed by atoms with Gasteiger partial charge in [0.25, 0.3) is 0 Å². The first-order valence-electron chi connectivity index (χ1n) is 10.1. The Kier molecular flexibility index (Phi) is 5.57. The Morgan fingerprint density at radius 3 is 2.50 bits per heavy atom. The van der Waals surface area contributed by atoms with Gasteiger partial charge in [0.15, 0.2) is 0 Å². The van der Waals surface area contributed by atoms with Crippen LogP contribution in [0, 0.1) is 0 Å². The van der Waals surface area contributed by atoms with E-state index in [0.29, 0.717) is 38.6 Å². The van der Waals surface area contributed by atoms with E-state index in [0.717, 1.165) is 44.9 Å². The average Bonchev–Trinajstić information content (AvgIpc) is 3.16. The molecule has 1 N–H and O–H groups in total. The van der Waals surface area contributed by atoms with Gasteiger partial charge >= 0.3 is 6.03 Å². The molecule has 0 radical (unpaired) electrons. The van der Waals surface area contributed by atoms with Gasteiger partial charge in [-0.3, -0.25) is 5.32 Å². The van der Waals surface area contributed by atoms with Crippen LogP contribution < -0.4 is 5.32 Å². The zero-order chi connectivity index (χ0) is 19.6. The van der Waals surface area contributed by atoms with Crippen molar-refractivity contribution in [2.24, 2.45) is 0 Å². The lowest BCUT2D eigenvalue weighted by atomic mass is 10.00. The molecule has 2 amide bonds. The van der Waals surface area contributed by atoms with Crippen LogP contribution in [0.15, 0.2) is 23.2 Å². The van der Waals surface area contributed by atoms with Gasteiger partial charge in [-0.1, -0.05) is 19.3 Å². The zero-order valence-electron chi connectivity index (χ0n) is 16.1. The standard InChI is InChI=1S/C19H28N4O4S/c24-18(22-12-13-27-19(15-22)8-2-3-9-19)21-17-7-6-16(14-20-17)28(25,26)23-10-4-1-5-11-23/h6-7,14H,1-5,8-13,15H2,(H,20,21,24). The zero-order valence-corrected chi connectivity index (χ0v) is 16.9. The number of rotatable bonds is 3. The monoisotopic (exact) mass is 408 g/mol. The van der Waals surface area contributed by atoms with E-state index < -0.39 is 10.0 Å². The molecule has 28 heavy (non-hydrogen) atoms. The van der Waals surface area contributed by atoms with Gasteiger partial charge in [0.2, 0.25) is 10.0 Å². The Hall–Kier alpha value is -1.71. The van der Waals surface area contributed by atoms with Crippen molar-refractivity contribution < 1.29 is 17.9 Å². The second-order valence-electron chi connectivity index (χ2n) is 7.93. The molecule has 0 unspecified atom stereocenters. The molecular formula is C19H28N4O4S. The molecule has 0 bridgehead atoms. The molecular weight excluding hydrogens is 380 g/mol. The predicted octanol–water partition coefficient (Wildman–Crippen LogP) is 2.43. The van der Waals surface area contributed by atoms with Crippen LogP contribution in [0.5, 0.6) is 0 Å². The summed E-state index contributed by atoms with van der Waals surface area (Å²) in [5.74, 6) is 0.356. The maximum Gasteiger partial charge on any atom is 0.323 e. The Balaban J connectivity index is 1.39. The van der Waals surface area contributed by atoms with Crippen LogP contribution in [0.2, 0.25) is 0 Å². The second-order valence-corrected chi connectivity index (χ2v) is 9.87. The summed E-state index contributed by atoms with van der Waals surface area (Å²) in [6, 6.07) is 2.86. The molecule has 2 aliphatic heterocycles. The van der Waals surface area contributed by atoms with Gasteiger partial charge in [0.05, 0.1) is 18.8 Å². The highest BCUT2D eigenvalue weighted by atomic mass is 32.2. The third kappa shape index (κ3) is 4.01. The molecule has 3 fully saturated rings. The summed E-state index contributed by atoms with van der Waals surface area (Å²) < 4.78 is 32.8. The summed E-state index contributed by atoms with van der Waals surface area (Å²) >= 11 is 0. The van der Waals surface area contributed by atoms with Crippen molar-refractivity contribution in [1.29, 1.82) is 0 Å². The van der Waals surface area contributed by atoms with E-state index >= 15 is 0 Å². The van der Waals surface area contributed by atoms with Gasteiger partial charge in [0, 0.05) is 25.8 Å². The van der Waals surface area contributed by atoms with Crippen molar-refractivity contribution in [2.75, 3.05) is 38.1 Å². The van der Waals surface area contributed by atoms with E-state index in [1.165, 1.54) is 16.6 Å². The largest absolute Gasteiger partial charge is 0.371 e. The molecule has 9 heteroatoms. The number of carbonyl (C=O) groups excluding carboxylic acids is 1. The smallest absolute Gasteiger partial charge is 0.323 e. The third-order valence-corrected chi connectivity index (χ3v) is 7.86. The van der Waals surface area contributed by atoms with Crippen LogP contribution in [0.3, 0.4) is 0 Å². The number of amides is 2. The number of aromatic nitrogens is 1. The summed E-state index contributed by atoms with van der Waals surface area (Å²) in [5.41, 5.74) is -0.185. The number of morpholine rings is 1. The number of anilines is 1. The van der Waals surface area contributed by atoms with Crippen molar-refractivity contribution in [2.45, 2.75) is 55.4 Å². The summed E-state index contributed by atoms with van der Waals surface area (Å²) in [5, 5.41) is 2.79. The quantitative estimate of drug-likeness (QED) is 0.829. The Labute approximate surface area is 166 Å². The Bertz CT molecular complexity index is 800. The molecule has 1 spiro atoms. The average molecular weight is 409 g/mol. The molecule has 1 aromatic heterocycles. The first-order valence-corrected chi connectivity index (χ1v) is 11.6. The van der Waals surface area contributed by atoms with Crippen molar-refractivity contribution in [3.8, 4) is 0 Å². The number of hydrogen-bond acceptors (Lipinski definition) is 5. The Morgan fingerprint density at radius 1 is 1.07 bits per heavy atom. The molecule has 154 valence electrons. The van der Waals surface area contributed by atoms with Crippen LogP contribution in [0.25, 0.3) is 0 Å². The van der Waals surface area contributed by atoms with Crippen LogP contribution in [-0.2, 0) is 14.8 Å². The highest BCUT2D eigenvalue weighted by Crippen LogP contribution is 2.36. The lowest BCUT2D eigenvalue weighted by Gasteiger charge is -2.40. The highest BCUT2D eigenvalue weighted by Gasteiger charge is 2.40. The van der Waals surface area contributed by atoms with Gasteiger partial charge in [0.1, 0.15) is 10.7 Å². The molecule has 0 aromatic carbocycles. The molecule has 1 aromatic rings. The van der Waals surface area contributed by atoms with Gasteiger partial charge in [-0.2, -0.15) is 4.31 Å². The lowest BCUT2D eigenvalue weighted by Crippen LogP contribution is -2.53. The van der Waals surface area contributed by atoms with Crippen molar-refractivity contribution in [3.63, 3.8) is 0 Å². The molecule has 3 aliphatic rings. The minimum absolute atomic E-state index is 0.170. The summed E-state index contributed by atoms with van der Waals surface area (Å²) in [7, 11) is -3.51. The van der Waals surface area contributed by atoms with E-state index in [4.69, 9.17) is 4.74 Å². The fourth-order valence-electron chi connectivity index (χ4n) is 4.39. The van der Waals surface area contributed by atoms with Crippen molar-refractivity contribution in [1.82, 2.24) is 14.2 Å². The number of urea groups is 1. The summed E-state index contributed by atoms with van der Waals surface area (Å²) in [6.07, 6.45) is 8.46. The molecule has 4 rings (SSSR count). The van der Waals surface area contributed by atoms with Crippen LogP contribution >= 0.6 is 0 Å². The van der Waals surface area contributed by atoms with E-state index in [1.807, 2.05) is 0 Å².